The molecule has 28 heavy (non-hydrogen) atoms. The molecule has 0 atom stereocenters. The number of nitrogens with zero attached hydrogens (tertiary/aromatic N) is 1. The summed E-state index contributed by atoms with van der Waals surface area (Å²) in [6, 6.07) is 7.45. The maximum absolute atomic E-state index is 12.3. The molecule has 2 N–H and O–H groups in total. The highest BCUT2D eigenvalue weighted by Crippen LogP contribution is 2.28. The summed E-state index contributed by atoms with van der Waals surface area (Å²) in [5.41, 5.74) is 5.80. The zero-order valence-corrected chi connectivity index (χ0v) is 16.0. The SMILES string of the molecule is O=C(COc1cccc([N+](=O)[O-])c1)NNC(=O)c1cc2c(s1)CCCCCC2. The normalized spacial score (nSPS) is 13.6. The van der Waals surface area contributed by atoms with E-state index in [0.717, 1.165) is 25.7 Å². The van der Waals surface area contributed by atoms with Crippen LogP contribution in [0.15, 0.2) is 30.3 Å². The Morgan fingerprint density at radius 3 is 2.68 bits per heavy atom. The maximum atomic E-state index is 12.3. The van der Waals surface area contributed by atoms with Gasteiger partial charge in [0.05, 0.1) is 15.9 Å². The Balaban J connectivity index is 1.49. The molecule has 9 heteroatoms. The Labute approximate surface area is 166 Å². The average Bonchev–Trinajstić information content (AvgIpc) is 3.06. The van der Waals surface area contributed by atoms with E-state index in [1.807, 2.05) is 6.07 Å². The Bertz CT molecular complexity index is 855. The van der Waals surface area contributed by atoms with E-state index in [0.29, 0.717) is 4.88 Å². The molecule has 148 valence electrons. The fraction of sp³-hybridized carbons (Fsp3) is 0.368. The van der Waals surface area contributed by atoms with Crippen LogP contribution in [0.3, 0.4) is 0 Å². The first-order chi connectivity index (χ1) is 13.5. The number of non-ortho nitro benzene ring substituents is 1. The predicted octanol–water partition coefficient (Wildman–Crippen LogP) is 3.16. The number of fused-ring (bicyclic) bond motifs is 1. The van der Waals surface area contributed by atoms with Gasteiger partial charge in [0.1, 0.15) is 5.75 Å². The van der Waals surface area contributed by atoms with Crippen molar-refractivity contribution in [3.8, 4) is 5.75 Å². The minimum Gasteiger partial charge on any atom is -0.483 e. The molecule has 0 radical (unpaired) electrons. The molecule has 1 aliphatic carbocycles. The summed E-state index contributed by atoms with van der Waals surface area (Å²) in [7, 11) is 0. The summed E-state index contributed by atoms with van der Waals surface area (Å²) >= 11 is 1.47. The van der Waals surface area contributed by atoms with E-state index in [9.17, 15) is 19.7 Å². The number of carbonyl (C=O) groups is 2. The molecule has 1 aliphatic rings. The van der Waals surface area contributed by atoms with Gasteiger partial charge in [0.25, 0.3) is 17.5 Å². The number of benzene rings is 1. The maximum Gasteiger partial charge on any atom is 0.279 e. The van der Waals surface area contributed by atoms with Crippen LogP contribution in [0.4, 0.5) is 5.69 Å². The van der Waals surface area contributed by atoms with Crippen molar-refractivity contribution in [2.24, 2.45) is 0 Å². The van der Waals surface area contributed by atoms with Crippen molar-refractivity contribution < 1.29 is 19.2 Å². The second-order valence-electron chi connectivity index (χ2n) is 6.52. The summed E-state index contributed by atoms with van der Waals surface area (Å²) in [5, 5.41) is 10.7. The van der Waals surface area contributed by atoms with Crippen molar-refractivity contribution in [2.75, 3.05) is 6.61 Å². The van der Waals surface area contributed by atoms with Gasteiger partial charge in [-0.15, -0.1) is 11.3 Å². The Hall–Kier alpha value is -2.94. The third-order valence-electron chi connectivity index (χ3n) is 4.43. The average molecular weight is 403 g/mol. The number of aryl methyl sites for hydroxylation is 2. The van der Waals surface area contributed by atoms with Gasteiger partial charge >= 0.3 is 0 Å². The molecule has 1 aromatic carbocycles. The summed E-state index contributed by atoms with van der Waals surface area (Å²) in [6.45, 7) is -0.373. The van der Waals surface area contributed by atoms with Crippen molar-refractivity contribution in [3.05, 3.63) is 55.8 Å². The lowest BCUT2D eigenvalue weighted by Gasteiger charge is -2.08. The monoisotopic (exact) mass is 403 g/mol. The van der Waals surface area contributed by atoms with E-state index in [2.05, 4.69) is 10.9 Å². The van der Waals surface area contributed by atoms with Gasteiger partial charge in [-0.25, -0.2) is 0 Å². The molecular formula is C19H21N3O5S. The zero-order chi connectivity index (χ0) is 19.9. The number of thiophene rings is 1. The number of hydrogen-bond acceptors (Lipinski definition) is 6. The van der Waals surface area contributed by atoms with Gasteiger partial charge < -0.3 is 4.74 Å². The number of carbonyl (C=O) groups excluding carboxylic acids is 2. The minimum atomic E-state index is -0.560. The number of hydrogen-bond donors (Lipinski definition) is 2. The number of nitro groups is 1. The smallest absolute Gasteiger partial charge is 0.279 e. The van der Waals surface area contributed by atoms with E-state index >= 15 is 0 Å². The molecule has 8 nitrogen and oxygen atoms in total. The van der Waals surface area contributed by atoms with Crippen molar-refractivity contribution >= 4 is 28.8 Å². The van der Waals surface area contributed by atoms with E-state index < -0.39 is 10.8 Å². The van der Waals surface area contributed by atoms with Gasteiger partial charge in [-0.2, -0.15) is 0 Å². The molecule has 0 unspecified atom stereocenters. The van der Waals surface area contributed by atoms with Crippen molar-refractivity contribution in [1.82, 2.24) is 10.9 Å². The molecule has 0 aliphatic heterocycles. The molecular weight excluding hydrogens is 382 g/mol. The molecule has 3 rings (SSSR count). The van der Waals surface area contributed by atoms with Crippen LogP contribution in [0.1, 0.15) is 45.8 Å². The van der Waals surface area contributed by atoms with Crippen molar-refractivity contribution in [3.63, 3.8) is 0 Å². The van der Waals surface area contributed by atoms with Gasteiger partial charge in [-0.1, -0.05) is 18.9 Å². The van der Waals surface area contributed by atoms with Crippen LogP contribution >= 0.6 is 11.3 Å². The Kier molecular flexibility index (Phi) is 6.59. The summed E-state index contributed by atoms with van der Waals surface area (Å²) in [5.74, 6) is -0.719. The number of hydrazine groups is 1. The fourth-order valence-electron chi connectivity index (χ4n) is 3.02. The van der Waals surface area contributed by atoms with E-state index in [1.165, 1.54) is 58.9 Å². The Morgan fingerprint density at radius 1 is 1.11 bits per heavy atom. The lowest BCUT2D eigenvalue weighted by molar-refractivity contribution is -0.384. The first-order valence-corrected chi connectivity index (χ1v) is 9.92. The van der Waals surface area contributed by atoms with Gasteiger partial charge in [0.2, 0.25) is 0 Å². The number of nitro benzene ring substituents is 1. The first-order valence-electron chi connectivity index (χ1n) is 9.11. The second kappa shape index (κ2) is 9.32. The number of nitrogens with one attached hydrogen (secondary N) is 2. The minimum absolute atomic E-state index is 0.125. The van der Waals surface area contributed by atoms with Crippen LogP contribution in [0.5, 0.6) is 5.75 Å². The predicted molar refractivity (Wildman–Crippen MR) is 104 cm³/mol. The molecule has 0 spiro atoms. The van der Waals surface area contributed by atoms with Gasteiger partial charge in [-0.3, -0.25) is 30.6 Å². The molecule has 2 amide bonds. The highest BCUT2D eigenvalue weighted by Gasteiger charge is 2.16. The fourth-order valence-corrected chi connectivity index (χ4v) is 4.16. The summed E-state index contributed by atoms with van der Waals surface area (Å²) < 4.78 is 5.23. The quantitative estimate of drug-likeness (QED) is 0.588. The van der Waals surface area contributed by atoms with E-state index in [-0.39, 0.29) is 24.0 Å². The molecule has 1 heterocycles. The third-order valence-corrected chi connectivity index (χ3v) is 5.67. The summed E-state index contributed by atoms with van der Waals surface area (Å²) in [4.78, 5) is 36.2. The molecule has 0 bridgehead atoms. The zero-order valence-electron chi connectivity index (χ0n) is 15.2. The van der Waals surface area contributed by atoms with Crippen molar-refractivity contribution in [2.45, 2.75) is 38.5 Å². The standard InChI is InChI=1S/C19H21N3O5S/c23-18(12-27-15-8-5-7-14(11-15)22(25)26)20-21-19(24)17-10-13-6-3-1-2-4-9-16(13)28-17/h5,7-8,10-11H,1-4,6,9,12H2,(H,20,23)(H,21,24). The van der Waals surface area contributed by atoms with E-state index in [4.69, 9.17) is 4.74 Å². The number of rotatable bonds is 5. The highest BCUT2D eigenvalue weighted by atomic mass is 32.1. The first kappa shape index (κ1) is 19.8. The lowest BCUT2D eigenvalue weighted by atomic mass is 10.00. The molecule has 0 saturated carbocycles. The number of ether oxygens (including phenoxy) is 1. The van der Waals surface area contributed by atoms with Crippen LogP contribution in [-0.4, -0.2) is 23.3 Å². The highest BCUT2D eigenvalue weighted by molar-refractivity contribution is 7.14. The van der Waals surface area contributed by atoms with Crippen LogP contribution in [0.2, 0.25) is 0 Å². The second-order valence-corrected chi connectivity index (χ2v) is 7.66. The lowest BCUT2D eigenvalue weighted by Crippen LogP contribution is -2.43. The van der Waals surface area contributed by atoms with Gasteiger partial charge in [0, 0.05) is 10.9 Å². The van der Waals surface area contributed by atoms with Crippen LogP contribution < -0.4 is 15.6 Å². The van der Waals surface area contributed by atoms with Crippen LogP contribution in [0, 0.1) is 10.1 Å². The third kappa shape index (κ3) is 5.29. The molecule has 1 aromatic heterocycles. The number of amides is 2. The summed E-state index contributed by atoms with van der Waals surface area (Å²) in [6.07, 6.45) is 6.70. The molecule has 2 aromatic rings. The Morgan fingerprint density at radius 2 is 1.89 bits per heavy atom. The topological polar surface area (TPSA) is 111 Å². The molecule has 0 saturated heterocycles. The van der Waals surface area contributed by atoms with Gasteiger partial charge in [0.15, 0.2) is 6.61 Å². The largest absolute Gasteiger partial charge is 0.483 e. The van der Waals surface area contributed by atoms with Crippen LogP contribution in [0.25, 0.3) is 0 Å². The van der Waals surface area contributed by atoms with E-state index in [1.54, 1.807) is 0 Å². The van der Waals surface area contributed by atoms with Crippen LogP contribution in [-0.2, 0) is 17.6 Å². The molecule has 0 fully saturated rings. The van der Waals surface area contributed by atoms with Gasteiger partial charge in [-0.05, 0) is 43.4 Å². The van der Waals surface area contributed by atoms with Crippen molar-refractivity contribution in [1.29, 1.82) is 0 Å².